The molecule has 0 amide bonds. The van der Waals surface area contributed by atoms with Crippen LogP contribution in [0, 0.1) is 11.3 Å². The molecule has 0 spiro atoms. The Morgan fingerprint density at radius 3 is 2.55 bits per heavy atom. The van der Waals surface area contributed by atoms with Gasteiger partial charge in [0.25, 0.3) is 0 Å². The third-order valence-corrected chi connectivity index (χ3v) is 2.11. The fourth-order valence-corrected chi connectivity index (χ4v) is 1.42. The summed E-state index contributed by atoms with van der Waals surface area (Å²) in [6.45, 7) is 1.45. The normalized spacial score (nSPS) is 10.6. The standard InChI is InChI=1S/C12H8F3NO4/c1-2-19-11(18)9-4-8(20-12(13,14)15)3-7(6-17)10(9)5-16/h3-4,6H,2H2,1H3. The zero-order chi connectivity index (χ0) is 15.3. The molecule has 1 aromatic rings. The molecule has 5 nitrogen and oxygen atoms in total. The fourth-order valence-electron chi connectivity index (χ4n) is 1.42. The number of esters is 1. The molecule has 8 heteroatoms. The average molecular weight is 287 g/mol. The zero-order valence-electron chi connectivity index (χ0n) is 10.2. The zero-order valence-corrected chi connectivity index (χ0v) is 10.2. The average Bonchev–Trinajstić information content (AvgIpc) is 2.35. The van der Waals surface area contributed by atoms with Crippen LogP contribution in [-0.4, -0.2) is 25.2 Å². The molecule has 1 rings (SSSR count). The summed E-state index contributed by atoms with van der Waals surface area (Å²) in [7, 11) is 0. The van der Waals surface area contributed by atoms with Gasteiger partial charge in [0.2, 0.25) is 0 Å². The minimum atomic E-state index is -4.99. The van der Waals surface area contributed by atoms with Gasteiger partial charge in [0.15, 0.2) is 6.29 Å². The lowest BCUT2D eigenvalue weighted by Crippen LogP contribution is -2.18. The van der Waals surface area contributed by atoms with Gasteiger partial charge in [-0.3, -0.25) is 4.79 Å². The van der Waals surface area contributed by atoms with E-state index in [4.69, 9.17) is 5.26 Å². The Balaban J connectivity index is 3.39. The van der Waals surface area contributed by atoms with Gasteiger partial charge in [0.05, 0.1) is 17.7 Å². The third-order valence-electron chi connectivity index (χ3n) is 2.11. The maximum atomic E-state index is 12.1. The van der Waals surface area contributed by atoms with E-state index in [9.17, 15) is 22.8 Å². The predicted molar refractivity (Wildman–Crippen MR) is 59.2 cm³/mol. The number of ether oxygens (including phenoxy) is 2. The summed E-state index contributed by atoms with van der Waals surface area (Å²) in [5.74, 6) is -1.79. The van der Waals surface area contributed by atoms with Gasteiger partial charge in [0, 0.05) is 5.56 Å². The van der Waals surface area contributed by atoms with Crippen molar-refractivity contribution in [2.75, 3.05) is 6.61 Å². The molecule has 1 aromatic carbocycles. The first-order chi connectivity index (χ1) is 9.32. The molecule has 0 radical (unpaired) electrons. The molecule has 0 heterocycles. The lowest BCUT2D eigenvalue weighted by atomic mass is 10.0. The van der Waals surface area contributed by atoms with Crippen LogP contribution in [0.4, 0.5) is 13.2 Å². The third kappa shape index (κ3) is 3.71. The summed E-state index contributed by atoms with van der Waals surface area (Å²) < 4.78 is 44.7. The van der Waals surface area contributed by atoms with Gasteiger partial charge in [0.1, 0.15) is 11.8 Å². The molecule has 0 aliphatic carbocycles. The lowest BCUT2D eigenvalue weighted by molar-refractivity contribution is -0.274. The van der Waals surface area contributed by atoms with Crippen molar-refractivity contribution in [3.63, 3.8) is 0 Å². The summed E-state index contributed by atoms with van der Waals surface area (Å²) in [5, 5.41) is 8.89. The van der Waals surface area contributed by atoms with E-state index in [0.29, 0.717) is 6.07 Å². The van der Waals surface area contributed by atoms with Crippen LogP contribution < -0.4 is 4.74 Å². The summed E-state index contributed by atoms with van der Waals surface area (Å²) in [6, 6.07) is 3.00. The van der Waals surface area contributed by atoms with Crippen LogP contribution in [0.3, 0.4) is 0 Å². The van der Waals surface area contributed by atoms with Crippen molar-refractivity contribution in [1.82, 2.24) is 0 Å². The number of hydrogen-bond acceptors (Lipinski definition) is 5. The highest BCUT2D eigenvalue weighted by Crippen LogP contribution is 2.27. The van der Waals surface area contributed by atoms with Crippen LogP contribution in [-0.2, 0) is 4.74 Å². The van der Waals surface area contributed by atoms with Crippen molar-refractivity contribution in [3.8, 4) is 11.8 Å². The highest BCUT2D eigenvalue weighted by Gasteiger charge is 2.32. The van der Waals surface area contributed by atoms with Gasteiger partial charge < -0.3 is 9.47 Å². The molecule has 0 N–H and O–H groups in total. The SMILES string of the molecule is CCOC(=O)c1cc(OC(F)(F)F)cc(C=O)c1C#N. The van der Waals surface area contributed by atoms with Crippen LogP contribution in [0.2, 0.25) is 0 Å². The minimum Gasteiger partial charge on any atom is -0.462 e. The van der Waals surface area contributed by atoms with Crippen molar-refractivity contribution < 1.29 is 32.2 Å². The molecule has 0 atom stereocenters. The van der Waals surface area contributed by atoms with E-state index in [1.165, 1.54) is 6.92 Å². The number of alkyl halides is 3. The van der Waals surface area contributed by atoms with E-state index in [2.05, 4.69) is 9.47 Å². The van der Waals surface area contributed by atoms with E-state index in [-0.39, 0.29) is 18.5 Å². The van der Waals surface area contributed by atoms with E-state index >= 15 is 0 Å². The fraction of sp³-hybridized carbons (Fsp3) is 0.250. The molecule has 0 fully saturated rings. The largest absolute Gasteiger partial charge is 0.573 e. The molecule has 0 bridgehead atoms. The maximum Gasteiger partial charge on any atom is 0.573 e. The van der Waals surface area contributed by atoms with E-state index in [1.807, 2.05) is 0 Å². The smallest absolute Gasteiger partial charge is 0.462 e. The highest BCUT2D eigenvalue weighted by atomic mass is 19.4. The van der Waals surface area contributed by atoms with Gasteiger partial charge in [-0.05, 0) is 19.1 Å². The van der Waals surface area contributed by atoms with E-state index < -0.39 is 29.2 Å². The second kappa shape index (κ2) is 6.06. The Morgan fingerprint density at radius 2 is 2.10 bits per heavy atom. The highest BCUT2D eigenvalue weighted by molar-refractivity contribution is 5.96. The number of nitriles is 1. The molecule has 0 aliphatic rings. The van der Waals surface area contributed by atoms with Crippen LogP contribution >= 0.6 is 0 Å². The molecule has 20 heavy (non-hydrogen) atoms. The lowest BCUT2D eigenvalue weighted by Gasteiger charge is -2.12. The minimum absolute atomic E-state index is 0.0372. The van der Waals surface area contributed by atoms with Gasteiger partial charge in [-0.15, -0.1) is 13.2 Å². The summed E-state index contributed by atoms with van der Waals surface area (Å²) in [6.07, 6.45) is -4.83. The summed E-state index contributed by atoms with van der Waals surface area (Å²) in [4.78, 5) is 22.4. The molecule has 0 unspecified atom stereocenters. The predicted octanol–water partition coefficient (Wildman–Crippen LogP) is 2.45. The van der Waals surface area contributed by atoms with E-state index in [0.717, 1.165) is 6.07 Å². The van der Waals surface area contributed by atoms with Crippen molar-refractivity contribution in [2.24, 2.45) is 0 Å². The number of carbonyl (C=O) groups excluding carboxylic acids is 2. The Kier molecular flexibility index (Phi) is 4.69. The van der Waals surface area contributed by atoms with Gasteiger partial charge in [-0.2, -0.15) is 5.26 Å². The number of carbonyl (C=O) groups is 2. The van der Waals surface area contributed by atoms with Gasteiger partial charge >= 0.3 is 12.3 Å². The number of benzene rings is 1. The second-order valence-electron chi connectivity index (χ2n) is 3.43. The monoisotopic (exact) mass is 287 g/mol. The first-order valence-electron chi connectivity index (χ1n) is 5.28. The summed E-state index contributed by atoms with van der Waals surface area (Å²) in [5.41, 5.74) is -1.22. The number of halogens is 3. The Bertz CT molecular complexity index is 575. The Hall–Kier alpha value is -2.56. The number of hydrogen-bond donors (Lipinski definition) is 0. The Labute approximate surface area is 111 Å². The number of nitrogens with zero attached hydrogens (tertiary/aromatic N) is 1. The van der Waals surface area contributed by atoms with Crippen LogP contribution in [0.5, 0.6) is 5.75 Å². The molecule has 0 aromatic heterocycles. The van der Waals surface area contributed by atoms with Gasteiger partial charge in [-0.1, -0.05) is 0 Å². The van der Waals surface area contributed by atoms with Crippen molar-refractivity contribution in [2.45, 2.75) is 13.3 Å². The topological polar surface area (TPSA) is 76.4 Å². The molecule has 0 saturated carbocycles. The second-order valence-corrected chi connectivity index (χ2v) is 3.43. The van der Waals surface area contributed by atoms with Crippen molar-refractivity contribution >= 4 is 12.3 Å². The van der Waals surface area contributed by atoms with E-state index in [1.54, 1.807) is 6.07 Å². The summed E-state index contributed by atoms with van der Waals surface area (Å²) >= 11 is 0. The molecule has 0 saturated heterocycles. The van der Waals surface area contributed by atoms with Crippen LogP contribution in [0.25, 0.3) is 0 Å². The molecule has 106 valence electrons. The molecule has 0 aliphatic heterocycles. The first-order valence-corrected chi connectivity index (χ1v) is 5.28. The van der Waals surface area contributed by atoms with Crippen molar-refractivity contribution in [1.29, 1.82) is 5.26 Å². The quantitative estimate of drug-likeness (QED) is 0.628. The first kappa shape index (κ1) is 15.5. The molecular formula is C12H8F3NO4. The van der Waals surface area contributed by atoms with Crippen molar-refractivity contribution in [3.05, 3.63) is 28.8 Å². The van der Waals surface area contributed by atoms with Crippen LogP contribution in [0.1, 0.15) is 33.2 Å². The Morgan fingerprint density at radius 1 is 1.45 bits per heavy atom. The maximum absolute atomic E-state index is 12.1. The van der Waals surface area contributed by atoms with Crippen LogP contribution in [0.15, 0.2) is 12.1 Å². The number of rotatable bonds is 4. The van der Waals surface area contributed by atoms with Gasteiger partial charge in [-0.25, -0.2) is 4.79 Å². The number of aldehydes is 1. The molecular weight excluding hydrogens is 279 g/mol.